The van der Waals surface area contributed by atoms with Crippen LogP contribution in [-0.4, -0.2) is 45.2 Å². The normalized spacial score (nSPS) is 13.5. The van der Waals surface area contributed by atoms with E-state index in [1.165, 1.54) is 12.4 Å². The van der Waals surface area contributed by atoms with Gasteiger partial charge in [-0.1, -0.05) is 12.1 Å². The molecule has 2 aromatic heterocycles. The first-order valence-electron chi connectivity index (χ1n) is 9.82. The van der Waals surface area contributed by atoms with E-state index in [9.17, 15) is 10.1 Å². The molecule has 0 atom stereocenters. The Bertz CT molecular complexity index is 1310. The lowest BCUT2D eigenvalue weighted by molar-refractivity contribution is 0.0183. The molecule has 0 bridgehead atoms. The molecule has 31 heavy (non-hydrogen) atoms. The lowest BCUT2D eigenvalue weighted by atomic mass is 10.00. The lowest BCUT2D eigenvalue weighted by Crippen LogP contribution is -2.56. The average Bonchev–Trinajstić information content (AvgIpc) is 2.81. The summed E-state index contributed by atoms with van der Waals surface area (Å²) in [5.41, 5.74) is 3.02. The van der Waals surface area contributed by atoms with Gasteiger partial charge in [0.2, 0.25) is 0 Å². The number of likely N-dealkylation sites (tertiary alicyclic amines) is 1. The molecular formula is C24H17N5O2. The predicted molar refractivity (Wildman–Crippen MR) is 114 cm³/mol. The van der Waals surface area contributed by atoms with Crippen molar-refractivity contribution in [1.29, 1.82) is 5.26 Å². The van der Waals surface area contributed by atoms with Crippen LogP contribution < -0.4 is 4.74 Å². The molecule has 4 aromatic rings. The van der Waals surface area contributed by atoms with Crippen molar-refractivity contribution in [1.82, 2.24) is 20.1 Å². The molecule has 5 rings (SSSR count). The molecule has 1 amide bonds. The summed E-state index contributed by atoms with van der Waals surface area (Å²) in [6.45, 7) is 0.994. The van der Waals surface area contributed by atoms with Gasteiger partial charge in [0, 0.05) is 17.8 Å². The second-order valence-corrected chi connectivity index (χ2v) is 7.34. The van der Waals surface area contributed by atoms with Crippen LogP contribution in [0.4, 0.5) is 0 Å². The van der Waals surface area contributed by atoms with E-state index in [1.807, 2.05) is 30.3 Å². The van der Waals surface area contributed by atoms with E-state index in [-0.39, 0.29) is 12.0 Å². The quantitative estimate of drug-likeness (QED) is 0.514. The van der Waals surface area contributed by atoms with Gasteiger partial charge >= 0.3 is 0 Å². The van der Waals surface area contributed by atoms with Gasteiger partial charge in [-0.3, -0.25) is 9.78 Å². The number of aromatic nitrogens is 3. The van der Waals surface area contributed by atoms with Gasteiger partial charge in [-0.2, -0.15) is 15.5 Å². The summed E-state index contributed by atoms with van der Waals surface area (Å²) in [7, 11) is 0. The zero-order valence-electron chi connectivity index (χ0n) is 16.5. The maximum Gasteiger partial charge on any atom is 0.255 e. The third-order valence-electron chi connectivity index (χ3n) is 5.30. The molecular weight excluding hydrogens is 390 g/mol. The monoisotopic (exact) mass is 407 g/mol. The third-order valence-corrected chi connectivity index (χ3v) is 5.30. The molecule has 1 aliphatic rings. The van der Waals surface area contributed by atoms with E-state index >= 15 is 0 Å². The number of hydrogen-bond acceptors (Lipinski definition) is 6. The first-order chi connectivity index (χ1) is 15.2. The highest BCUT2D eigenvalue weighted by molar-refractivity contribution is 5.94. The smallest absolute Gasteiger partial charge is 0.255 e. The number of nitriles is 1. The largest absolute Gasteiger partial charge is 0.486 e. The van der Waals surface area contributed by atoms with Crippen molar-refractivity contribution in [2.24, 2.45) is 0 Å². The van der Waals surface area contributed by atoms with Crippen molar-refractivity contribution in [3.8, 4) is 22.9 Å². The number of rotatable bonds is 4. The van der Waals surface area contributed by atoms with Crippen LogP contribution in [0.25, 0.3) is 21.9 Å². The second-order valence-electron chi connectivity index (χ2n) is 7.34. The van der Waals surface area contributed by atoms with Crippen LogP contribution in [0.1, 0.15) is 15.9 Å². The number of carbonyl (C=O) groups is 1. The van der Waals surface area contributed by atoms with Gasteiger partial charge in [0.15, 0.2) is 0 Å². The van der Waals surface area contributed by atoms with Crippen LogP contribution in [0.5, 0.6) is 5.75 Å². The Morgan fingerprint density at radius 1 is 1.03 bits per heavy atom. The van der Waals surface area contributed by atoms with Gasteiger partial charge in [0.1, 0.15) is 11.9 Å². The minimum absolute atomic E-state index is 0.0802. The zero-order chi connectivity index (χ0) is 21.2. The summed E-state index contributed by atoms with van der Waals surface area (Å²) in [5, 5.41) is 18.6. The maximum absolute atomic E-state index is 12.5. The van der Waals surface area contributed by atoms with Crippen LogP contribution in [0.2, 0.25) is 0 Å². The number of benzene rings is 2. The van der Waals surface area contributed by atoms with Crippen LogP contribution in [0.3, 0.4) is 0 Å². The Morgan fingerprint density at radius 2 is 1.94 bits per heavy atom. The molecule has 0 saturated carbocycles. The number of nitrogens with zero attached hydrogens (tertiary/aromatic N) is 5. The van der Waals surface area contributed by atoms with Crippen molar-refractivity contribution in [3.05, 3.63) is 84.4 Å². The van der Waals surface area contributed by atoms with Gasteiger partial charge in [-0.25, -0.2) is 0 Å². The molecule has 7 heteroatoms. The summed E-state index contributed by atoms with van der Waals surface area (Å²) in [4.78, 5) is 18.5. The lowest BCUT2D eigenvalue weighted by Gasteiger charge is -2.39. The maximum atomic E-state index is 12.5. The highest BCUT2D eigenvalue weighted by atomic mass is 16.5. The summed E-state index contributed by atoms with van der Waals surface area (Å²) in [6, 6.07) is 17.3. The fourth-order valence-electron chi connectivity index (χ4n) is 3.66. The number of hydrogen-bond donors (Lipinski definition) is 0. The highest BCUT2D eigenvalue weighted by Crippen LogP contribution is 2.34. The highest BCUT2D eigenvalue weighted by Gasteiger charge is 2.33. The molecule has 0 N–H and O–H groups in total. The van der Waals surface area contributed by atoms with E-state index in [0.29, 0.717) is 30.0 Å². The van der Waals surface area contributed by atoms with Gasteiger partial charge in [0.25, 0.3) is 5.91 Å². The van der Waals surface area contributed by atoms with E-state index in [0.717, 1.165) is 21.9 Å². The van der Waals surface area contributed by atoms with Gasteiger partial charge in [-0.15, -0.1) is 0 Å². The summed E-state index contributed by atoms with van der Waals surface area (Å²) >= 11 is 0. The zero-order valence-corrected chi connectivity index (χ0v) is 16.5. The first-order valence-corrected chi connectivity index (χ1v) is 9.82. The van der Waals surface area contributed by atoms with Crippen LogP contribution >= 0.6 is 0 Å². The Labute approximate surface area is 178 Å². The number of ether oxygens (including phenoxy) is 1. The third kappa shape index (κ3) is 3.67. The first kappa shape index (κ1) is 18.7. The number of carbonyl (C=O) groups excluding carboxylic acids is 1. The minimum Gasteiger partial charge on any atom is -0.486 e. The topological polar surface area (TPSA) is 92.0 Å². The van der Waals surface area contributed by atoms with Gasteiger partial charge < -0.3 is 9.64 Å². The Kier molecular flexibility index (Phi) is 4.73. The molecule has 2 aromatic carbocycles. The number of amides is 1. The van der Waals surface area contributed by atoms with Gasteiger partial charge in [-0.05, 0) is 52.9 Å². The van der Waals surface area contributed by atoms with E-state index < -0.39 is 0 Å². The second kappa shape index (κ2) is 7.84. The molecule has 150 valence electrons. The van der Waals surface area contributed by atoms with Crippen molar-refractivity contribution in [2.45, 2.75) is 6.10 Å². The van der Waals surface area contributed by atoms with Gasteiger partial charge in [0.05, 0.1) is 42.7 Å². The Balaban J connectivity index is 1.40. The van der Waals surface area contributed by atoms with Crippen molar-refractivity contribution >= 4 is 16.7 Å². The van der Waals surface area contributed by atoms with Crippen molar-refractivity contribution in [3.63, 3.8) is 0 Å². The molecule has 1 fully saturated rings. The molecule has 1 saturated heterocycles. The molecule has 7 nitrogen and oxygen atoms in total. The van der Waals surface area contributed by atoms with Crippen LogP contribution in [-0.2, 0) is 0 Å². The summed E-state index contributed by atoms with van der Waals surface area (Å²) in [6.07, 6.45) is 6.39. The predicted octanol–water partition coefficient (Wildman–Crippen LogP) is 3.47. The fourth-order valence-corrected chi connectivity index (χ4v) is 3.66. The molecule has 1 aliphatic heterocycles. The Hall–Kier alpha value is -4.31. The van der Waals surface area contributed by atoms with E-state index in [2.05, 4.69) is 27.3 Å². The van der Waals surface area contributed by atoms with Crippen LogP contribution in [0, 0.1) is 11.3 Å². The molecule has 0 unspecified atom stereocenters. The summed E-state index contributed by atoms with van der Waals surface area (Å²) in [5.74, 6) is 0.633. The molecule has 3 heterocycles. The number of fused-ring (bicyclic) bond motifs is 1. The SMILES string of the molecule is N#Cc1cccc(-c2cc(OC3CN(C(=O)c4ccnnc4)C3)c3cnccc3c2)c1. The van der Waals surface area contributed by atoms with E-state index in [1.54, 1.807) is 29.4 Å². The molecule has 0 radical (unpaired) electrons. The van der Waals surface area contributed by atoms with Crippen molar-refractivity contribution < 1.29 is 9.53 Å². The Morgan fingerprint density at radius 3 is 2.74 bits per heavy atom. The minimum atomic E-state index is -0.108. The fraction of sp³-hybridized carbons (Fsp3) is 0.125. The van der Waals surface area contributed by atoms with E-state index in [4.69, 9.17) is 4.74 Å². The summed E-state index contributed by atoms with van der Waals surface area (Å²) < 4.78 is 6.27. The van der Waals surface area contributed by atoms with Crippen molar-refractivity contribution in [2.75, 3.05) is 13.1 Å². The molecule has 0 aliphatic carbocycles. The average molecular weight is 407 g/mol. The van der Waals surface area contributed by atoms with Crippen LogP contribution in [0.15, 0.2) is 73.3 Å². The standard InChI is InChI=1S/C24H17N5O2/c25-11-16-2-1-3-17(8-16)20-9-18-4-6-26-13-22(18)23(10-20)31-21-14-29(15-21)24(30)19-5-7-27-28-12-19/h1-10,12-13,21H,14-15H2. The molecule has 0 spiro atoms. The number of pyridine rings is 1.